The Labute approximate surface area is 119 Å². The summed E-state index contributed by atoms with van der Waals surface area (Å²) in [6.07, 6.45) is 5.74. The zero-order chi connectivity index (χ0) is 14.0. The van der Waals surface area contributed by atoms with E-state index in [0.29, 0.717) is 12.5 Å². The van der Waals surface area contributed by atoms with Gasteiger partial charge in [0.2, 0.25) is 5.88 Å². The van der Waals surface area contributed by atoms with E-state index in [1.54, 1.807) is 0 Å². The molecule has 1 aliphatic carbocycles. The molecule has 1 saturated carbocycles. The van der Waals surface area contributed by atoms with Crippen LogP contribution in [-0.4, -0.2) is 22.3 Å². The van der Waals surface area contributed by atoms with Crippen LogP contribution in [0.15, 0.2) is 24.3 Å². The van der Waals surface area contributed by atoms with E-state index in [-0.39, 0.29) is 5.54 Å². The summed E-state index contributed by atoms with van der Waals surface area (Å²) in [4.78, 5) is 0. The molecular formula is C16H21N3O. The topological polar surface area (TPSA) is 61.0 Å². The lowest BCUT2D eigenvalue weighted by Gasteiger charge is -2.32. The van der Waals surface area contributed by atoms with Gasteiger partial charge in [-0.3, -0.25) is 0 Å². The van der Waals surface area contributed by atoms with Crippen molar-refractivity contribution < 1.29 is 4.74 Å². The Morgan fingerprint density at radius 3 is 2.55 bits per heavy atom. The Morgan fingerprint density at radius 1 is 1.10 bits per heavy atom. The van der Waals surface area contributed by atoms with Crippen molar-refractivity contribution in [3.05, 3.63) is 30.0 Å². The van der Waals surface area contributed by atoms with Gasteiger partial charge in [0.15, 0.2) is 0 Å². The van der Waals surface area contributed by atoms with Crippen molar-refractivity contribution in [1.29, 1.82) is 0 Å². The maximum absolute atomic E-state index is 6.41. The normalized spacial score (nSPS) is 18.1. The number of nitrogens with zero attached hydrogens (tertiary/aromatic N) is 2. The van der Waals surface area contributed by atoms with Crippen LogP contribution in [0.4, 0.5) is 0 Å². The number of hydrogen-bond donors (Lipinski definition) is 1. The molecule has 106 valence electrons. The van der Waals surface area contributed by atoms with E-state index >= 15 is 0 Å². The molecule has 3 rings (SSSR count). The summed E-state index contributed by atoms with van der Waals surface area (Å²) >= 11 is 0. The van der Waals surface area contributed by atoms with E-state index in [0.717, 1.165) is 29.3 Å². The zero-order valence-corrected chi connectivity index (χ0v) is 11.9. The standard InChI is InChI=1S/C16H21N3O/c1-12-13-7-3-4-8-14(13)15(19-18-12)20-11-16(17)9-5-2-6-10-16/h3-4,7-8H,2,5-6,9-11,17H2,1H3. The lowest BCUT2D eigenvalue weighted by atomic mass is 9.83. The second-order valence-electron chi connectivity index (χ2n) is 5.85. The molecule has 4 nitrogen and oxygen atoms in total. The average Bonchev–Trinajstić information content (AvgIpc) is 2.48. The van der Waals surface area contributed by atoms with Crippen LogP contribution in [0.2, 0.25) is 0 Å². The van der Waals surface area contributed by atoms with Crippen molar-refractivity contribution in [2.75, 3.05) is 6.61 Å². The number of benzene rings is 1. The summed E-state index contributed by atoms with van der Waals surface area (Å²) in [6.45, 7) is 2.49. The molecule has 1 aliphatic rings. The van der Waals surface area contributed by atoms with Gasteiger partial charge in [-0.15, -0.1) is 5.10 Å². The quantitative estimate of drug-likeness (QED) is 0.932. The van der Waals surface area contributed by atoms with Gasteiger partial charge in [-0.2, -0.15) is 5.10 Å². The predicted molar refractivity (Wildman–Crippen MR) is 79.8 cm³/mol. The fraction of sp³-hybridized carbons (Fsp3) is 0.500. The molecule has 0 atom stereocenters. The molecule has 0 unspecified atom stereocenters. The first kappa shape index (κ1) is 13.3. The number of ether oxygens (including phenoxy) is 1. The van der Waals surface area contributed by atoms with Gasteiger partial charge in [-0.1, -0.05) is 37.5 Å². The molecule has 1 aromatic heterocycles. The van der Waals surface area contributed by atoms with E-state index in [4.69, 9.17) is 10.5 Å². The monoisotopic (exact) mass is 271 g/mol. The Balaban J connectivity index is 1.82. The molecule has 2 aromatic rings. The van der Waals surface area contributed by atoms with Crippen LogP contribution >= 0.6 is 0 Å². The molecule has 0 radical (unpaired) electrons. The highest BCUT2D eigenvalue weighted by Gasteiger charge is 2.28. The molecule has 0 amide bonds. The molecule has 2 N–H and O–H groups in total. The van der Waals surface area contributed by atoms with Crippen LogP contribution in [0.25, 0.3) is 10.8 Å². The Hall–Kier alpha value is -1.68. The van der Waals surface area contributed by atoms with Gasteiger partial charge in [0.25, 0.3) is 0 Å². The number of fused-ring (bicyclic) bond motifs is 1. The summed E-state index contributed by atoms with van der Waals surface area (Å²) < 4.78 is 5.92. The van der Waals surface area contributed by atoms with Crippen LogP contribution in [0.1, 0.15) is 37.8 Å². The molecular weight excluding hydrogens is 250 g/mol. The van der Waals surface area contributed by atoms with Gasteiger partial charge < -0.3 is 10.5 Å². The lowest BCUT2D eigenvalue weighted by molar-refractivity contribution is 0.169. The number of hydrogen-bond acceptors (Lipinski definition) is 4. The molecule has 0 spiro atoms. The Kier molecular flexibility index (Phi) is 3.57. The van der Waals surface area contributed by atoms with Crippen LogP contribution < -0.4 is 10.5 Å². The summed E-state index contributed by atoms with van der Waals surface area (Å²) in [5, 5.41) is 10.5. The van der Waals surface area contributed by atoms with E-state index < -0.39 is 0 Å². The highest BCUT2D eigenvalue weighted by molar-refractivity contribution is 5.88. The Bertz CT molecular complexity index is 606. The van der Waals surface area contributed by atoms with Crippen molar-refractivity contribution in [3.8, 4) is 5.88 Å². The summed E-state index contributed by atoms with van der Waals surface area (Å²) in [5.74, 6) is 0.599. The highest BCUT2D eigenvalue weighted by Crippen LogP contribution is 2.28. The number of rotatable bonds is 3. The maximum Gasteiger partial charge on any atom is 0.241 e. The number of aromatic nitrogens is 2. The molecule has 0 saturated heterocycles. The van der Waals surface area contributed by atoms with E-state index in [1.165, 1.54) is 19.3 Å². The zero-order valence-electron chi connectivity index (χ0n) is 11.9. The number of aryl methyl sites for hydroxylation is 1. The Morgan fingerprint density at radius 2 is 1.80 bits per heavy atom. The van der Waals surface area contributed by atoms with Crippen molar-refractivity contribution in [3.63, 3.8) is 0 Å². The van der Waals surface area contributed by atoms with E-state index in [1.807, 2.05) is 31.2 Å². The molecule has 0 aliphatic heterocycles. The van der Waals surface area contributed by atoms with Gasteiger partial charge in [-0.25, -0.2) is 0 Å². The van der Waals surface area contributed by atoms with Gasteiger partial charge >= 0.3 is 0 Å². The minimum atomic E-state index is -0.202. The second kappa shape index (κ2) is 5.37. The summed E-state index contributed by atoms with van der Waals surface area (Å²) in [6, 6.07) is 8.07. The highest BCUT2D eigenvalue weighted by atomic mass is 16.5. The minimum absolute atomic E-state index is 0.202. The molecule has 20 heavy (non-hydrogen) atoms. The third-order valence-corrected chi connectivity index (χ3v) is 4.18. The van der Waals surface area contributed by atoms with Gasteiger partial charge in [0.05, 0.1) is 11.2 Å². The average molecular weight is 271 g/mol. The van der Waals surface area contributed by atoms with Crippen LogP contribution in [0.5, 0.6) is 5.88 Å². The molecule has 1 aromatic carbocycles. The van der Waals surface area contributed by atoms with Gasteiger partial charge in [0, 0.05) is 10.8 Å². The maximum atomic E-state index is 6.41. The van der Waals surface area contributed by atoms with E-state index in [9.17, 15) is 0 Å². The van der Waals surface area contributed by atoms with Crippen molar-refractivity contribution >= 4 is 10.8 Å². The summed E-state index contributed by atoms with van der Waals surface area (Å²) in [7, 11) is 0. The molecule has 4 heteroatoms. The molecule has 1 heterocycles. The fourth-order valence-electron chi connectivity index (χ4n) is 2.93. The third kappa shape index (κ3) is 2.61. The molecule has 0 bridgehead atoms. The van der Waals surface area contributed by atoms with Crippen molar-refractivity contribution in [2.24, 2.45) is 5.73 Å². The van der Waals surface area contributed by atoms with E-state index in [2.05, 4.69) is 10.2 Å². The lowest BCUT2D eigenvalue weighted by Crippen LogP contribution is -2.47. The fourth-order valence-corrected chi connectivity index (χ4v) is 2.93. The van der Waals surface area contributed by atoms with Gasteiger partial charge in [0.1, 0.15) is 6.61 Å². The SMILES string of the molecule is Cc1nnc(OCC2(N)CCCCC2)c2ccccc12. The summed E-state index contributed by atoms with van der Waals surface area (Å²) in [5.41, 5.74) is 7.13. The van der Waals surface area contributed by atoms with Crippen LogP contribution in [-0.2, 0) is 0 Å². The largest absolute Gasteiger partial charge is 0.474 e. The van der Waals surface area contributed by atoms with Crippen LogP contribution in [0.3, 0.4) is 0 Å². The third-order valence-electron chi connectivity index (χ3n) is 4.18. The van der Waals surface area contributed by atoms with Crippen LogP contribution in [0, 0.1) is 6.92 Å². The van der Waals surface area contributed by atoms with Crippen molar-refractivity contribution in [1.82, 2.24) is 10.2 Å². The first-order valence-electron chi connectivity index (χ1n) is 7.32. The van der Waals surface area contributed by atoms with Gasteiger partial charge in [-0.05, 0) is 25.8 Å². The molecule has 1 fully saturated rings. The smallest absolute Gasteiger partial charge is 0.241 e. The first-order valence-corrected chi connectivity index (χ1v) is 7.32. The number of nitrogens with two attached hydrogens (primary N) is 1. The first-order chi connectivity index (χ1) is 9.68. The second-order valence-corrected chi connectivity index (χ2v) is 5.85. The van der Waals surface area contributed by atoms with Crippen molar-refractivity contribution in [2.45, 2.75) is 44.6 Å². The predicted octanol–water partition coefficient (Wildman–Crippen LogP) is 2.98. The minimum Gasteiger partial charge on any atom is -0.474 e.